The van der Waals surface area contributed by atoms with Gasteiger partial charge in [0.25, 0.3) is 0 Å². The summed E-state index contributed by atoms with van der Waals surface area (Å²) in [6.45, 7) is 10.7. The Kier molecular flexibility index (Phi) is 5.38. The van der Waals surface area contributed by atoms with E-state index in [0.717, 1.165) is 77.9 Å². The maximum atomic E-state index is 6.09. The van der Waals surface area contributed by atoms with Crippen molar-refractivity contribution in [2.24, 2.45) is 0 Å². The van der Waals surface area contributed by atoms with Crippen molar-refractivity contribution < 1.29 is 4.74 Å². The van der Waals surface area contributed by atoms with Crippen LogP contribution in [0.3, 0.4) is 0 Å². The van der Waals surface area contributed by atoms with Crippen LogP contribution in [0.15, 0.2) is 36.3 Å². The highest BCUT2D eigenvalue weighted by Crippen LogP contribution is 2.32. The number of rotatable bonds is 3. The molecule has 4 aliphatic heterocycles. The number of morpholine rings is 1. The van der Waals surface area contributed by atoms with Gasteiger partial charge in [0.15, 0.2) is 5.79 Å². The molecule has 3 fully saturated rings. The van der Waals surface area contributed by atoms with E-state index >= 15 is 0 Å². The zero-order chi connectivity index (χ0) is 17.0. The third-order valence-electron chi connectivity index (χ3n) is 5.53. The first-order valence-corrected chi connectivity index (χ1v) is 9.48. The Morgan fingerprint density at radius 2 is 1.52 bits per heavy atom. The highest BCUT2D eigenvalue weighted by Gasteiger charge is 2.50. The fraction of sp³-hybridized carbons (Fsp3) is 0.667. The van der Waals surface area contributed by atoms with Gasteiger partial charge < -0.3 is 25.6 Å². The van der Waals surface area contributed by atoms with E-state index in [1.165, 1.54) is 0 Å². The molecule has 0 aromatic carbocycles. The van der Waals surface area contributed by atoms with E-state index in [2.05, 4.69) is 48.9 Å². The molecule has 7 nitrogen and oxygen atoms in total. The van der Waals surface area contributed by atoms with Crippen LogP contribution in [0.4, 0.5) is 0 Å². The Morgan fingerprint density at radius 3 is 2.20 bits per heavy atom. The lowest BCUT2D eigenvalue weighted by Gasteiger charge is -2.60. The van der Waals surface area contributed by atoms with E-state index in [-0.39, 0.29) is 5.79 Å². The van der Waals surface area contributed by atoms with Crippen molar-refractivity contribution in [1.82, 2.24) is 30.7 Å². The van der Waals surface area contributed by atoms with E-state index in [4.69, 9.17) is 4.74 Å². The number of ether oxygens (including phenoxy) is 1. The van der Waals surface area contributed by atoms with E-state index in [1.807, 2.05) is 12.3 Å². The van der Waals surface area contributed by atoms with Gasteiger partial charge in [-0.3, -0.25) is 9.80 Å². The Bertz CT molecular complexity index is 516. The Hall–Kier alpha value is -1.38. The number of nitrogens with one attached hydrogen (secondary N) is 3. The Morgan fingerprint density at radius 1 is 0.840 bits per heavy atom. The molecular weight excluding hydrogens is 316 g/mol. The SMILES string of the molecule is C1=CC=C(N2CCOCC2(N2CCNCC2)N2CCNCC2)NC=C1. The van der Waals surface area contributed by atoms with Gasteiger partial charge in [0.1, 0.15) is 5.82 Å². The van der Waals surface area contributed by atoms with Crippen molar-refractivity contribution in [2.45, 2.75) is 5.79 Å². The summed E-state index contributed by atoms with van der Waals surface area (Å²) in [4.78, 5) is 7.77. The molecule has 0 aromatic heterocycles. The summed E-state index contributed by atoms with van der Waals surface area (Å²) in [7, 11) is 0. The minimum Gasteiger partial charge on any atom is -0.374 e. The summed E-state index contributed by atoms with van der Waals surface area (Å²) in [5.74, 6) is 0.943. The lowest BCUT2D eigenvalue weighted by Crippen LogP contribution is -2.78. The predicted octanol–water partition coefficient (Wildman–Crippen LogP) is -0.703. The molecule has 138 valence electrons. The Labute approximate surface area is 150 Å². The lowest BCUT2D eigenvalue weighted by atomic mass is 10.1. The van der Waals surface area contributed by atoms with Crippen LogP contribution in [0.5, 0.6) is 0 Å². The molecule has 3 N–H and O–H groups in total. The monoisotopic (exact) mass is 346 g/mol. The van der Waals surface area contributed by atoms with Gasteiger partial charge in [-0.2, -0.15) is 0 Å². The molecule has 0 radical (unpaired) electrons. The summed E-state index contributed by atoms with van der Waals surface area (Å²) < 4.78 is 6.09. The van der Waals surface area contributed by atoms with Crippen molar-refractivity contribution in [3.63, 3.8) is 0 Å². The van der Waals surface area contributed by atoms with Gasteiger partial charge in [0.05, 0.1) is 13.2 Å². The quantitative estimate of drug-likeness (QED) is 0.625. The fourth-order valence-corrected chi connectivity index (χ4v) is 4.32. The predicted molar refractivity (Wildman–Crippen MR) is 98.6 cm³/mol. The summed E-state index contributed by atoms with van der Waals surface area (Å²) in [6.07, 6.45) is 10.4. The van der Waals surface area contributed by atoms with Crippen molar-refractivity contribution in [1.29, 1.82) is 0 Å². The van der Waals surface area contributed by atoms with Crippen LogP contribution in [0, 0.1) is 0 Å². The maximum absolute atomic E-state index is 6.09. The molecule has 0 unspecified atom stereocenters. The molecule has 0 aromatic rings. The van der Waals surface area contributed by atoms with Crippen LogP contribution >= 0.6 is 0 Å². The average Bonchev–Trinajstić information content (AvgIpc) is 2.98. The molecule has 0 bridgehead atoms. The first kappa shape index (κ1) is 17.1. The highest BCUT2D eigenvalue weighted by molar-refractivity contribution is 5.22. The first-order valence-electron chi connectivity index (χ1n) is 9.48. The second kappa shape index (κ2) is 7.88. The van der Waals surface area contributed by atoms with E-state index in [1.54, 1.807) is 0 Å². The van der Waals surface area contributed by atoms with Crippen molar-refractivity contribution in [3.8, 4) is 0 Å². The molecular formula is C18H30N6O. The highest BCUT2D eigenvalue weighted by atomic mass is 16.5. The number of allylic oxidation sites excluding steroid dienone is 4. The summed E-state index contributed by atoms with van der Waals surface area (Å²) in [5, 5.41) is 10.5. The summed E-state index contributed by atoms with van der Waals surface area (Å²) in [6, 6.07) is 0. The zero-order valence-electron chi connectivity index (χ0n) is 14.9. The molecule has 4 heterocycles. The summed E-state index contributed by atoms with van der Waals surface area (Å²) in [5.41, 5.74) is 0. The van der Waals surface area contributed by atoms with Gasteiger partial charge in [0, 0.05) is 65.1 Å². The smallest absolute Gasteiger partial charge is 0.177 e. The molecule has 4 rings (SSSR count). The van der Waals surface area contributed by atoms with Gasteiger partial charge in [-0.1, -0.05) is 12.2 Å². The van der Waals surface area contributed by atoms with E-state index in [9.17, 15) is 0 Å². The molecule has 0 spiro atoms. The number of hydrogen-bond donors (Lipinski definition) is 3. The van der Waals surface area contributed by atoms with Crippen LogP contribution in [0.1, 0.15) is 0 Å². The molecule has 0 saturated carbocycles. The van der Waals surface area contributed by atoms with Gasteiger partial charge >= 0.3 is 0 Å². The van der Waals surface area contributed by atoms with Crippen LogP contribution in [0.2, 0.25) is 0 Å². The standard InChI is InChI=1S/C18H30N6O/c1-2-4-17(21-5-3-1)24-14-15-25-16-18(24,22-10-6-19-7-11-22)23-12-8-20-9-13-23/h1-5,19-21H,6-16H2. The maximum Gasteiger partial charge on any atom is 0.177 e. The second-order valence-electron chi connectivity index (χ2n) is 6.89. The average molecular weight is 346 g/mol. The van der Waals surface area contributed by atoms with Crippen LogP contribution in [0.25, 0.3) is 0 Å². The van der Waals surface area contributed by atoms with Crippen molar-refractivity contribution in [3.05, 3.63) is 36.3 Å². The molecule has 7 heteroatoms. The minimum atomic E-state index is -0.215. The molecule has 4 aliphatic rings. The topological polar surface area (TPSA) is 55.0 Å². The molecule has 25 heavy (non-hydrogen) atoms. The van der Waals surface area contributed by atoms with Crippen molar-refractivity contribution in [2.75, 3.05) is 72.1 Å². The van der Waals surface area contributed by atoms with Gasteiger partial charge in [-0.25, -0.2) is 0 Å². The third-order valence-corrected chi connectivity index (χ3v) is 5.53. The number of piperazine rings is 2. The van der Waals surface area contributed by atoms with Gasteiger partial charge in [-0.15, -0.1) is 0 Å². The third kappa shape index (κ3) is 3.35. The minimum absolute atomic E-state index is 0.215. The summed E-state index contributed by atoms with van der Waals surface area (Å²) >= 11 is 0. The van der Waals surface area contributed by atoms with E-state index in [0.29, 0.717) is 0 Å². The largest absolute Gasteiger partial charge is 0.374 e. The zero-order valence-corrected chi connectivity index (χ0v) is 14.9. The van der Waals surface area contributed by atoms with E-state index < -0.39 is 0 Å². The normalized spacial score (nSPS) is 28.3. The molecule has 0 atom stereocenters. The van der Waals surface area contributed by atoms with Crippen LogP contribution < -0.4 is 16.0 Å². The van der Waals surface area contributed by atoms with Gasteiger partial charge in [0.2, 0.25) is 0 Å². The number of hydrogen-bond acceptors (Lipinski definition) is 7. The number of nitrogens with zero attached hydrogens (tertiary/aromatic N) is 3. The molecule has 0 aliphatic carbocycles. The van der Waals surface area contributed by atoms with Crippen molar-refractivity contribution >= 4 is 0 Å². The van der Waals surface area contributed by atoms with Crippen LogP contribution in [-0.2, 0) is 4.74 Å². The van der Waals surface area contributed by atoms with Gasteiger partial charge in [-0.05, 0) is 12.2 Å². The lowest BCUT2D eigenvalue weighted by molar-refractivity contribution is -0.225. The Balaban J connectivity index is 1.71. The molecule has 0 amide bonds. The fourth-order valence-electron chi connectivity index (χ4n) is 4.32. The van der Waals surface area contributed by atoms with Crippen LogP contribution in [-0.4, -0.2) is 92.6 Å². The second-order valence-corrected chi connectivity index (χ2v) is 6.89. The molecule has 3 saturated heterocycles. The first-order chi connectivity index (χ1) is 12.4.